The maximum atomic E-state index is 14.0. The quantitative estimate of drug-likeness (QED) is 0.315. The molecule has 0 spiro atoms. The van der Waals surface area contributed by atoms with Crippen molar-refractivity contribution in [1.29, 1.82) is 5.26 Å². The Balaban J connectivity index is 1.71. The Hall–Kier alpha value is -3.73. The minimum Gasteiger partial charge on any atom is -0.347 e. The highest BCUT2D eigenvalue weighted by atomic mass is 19.1. The highest BCUT2D eigenvalue weighted by Gasteiger charge is 2.34. The Morgan fingerprint density at radius 3 is 2.60 bits per heavy atom. The SMILES string of the molecule is CC(C)c1nc2c(c(-c3ccc(F)cc3)c1/C=C/[C@@H]1C[C@H](CC=O)OC(C)(C)O1)CCCc1nc(C#N)ccc1-2. The number of carbonyl (C=O) groups is 1. The van der Waals surface area contributed by atoms with Crippen LogP contribution in [0.15, 0.2) is 42.5 Å². The monoisotopic (exact) mass is 539 g/mol. The van der Waals surface area contributed by atoms with Gasteiger partial charge in [-0.2, -0.15) is 5.26 Å². The third-order valence-electron chi connectivity index (χ3n) is 7.45. The van der Waals surface area contributed by atoms with Crippen molar-refractivity contribution in [3.05, 3.63) is 76.5 Å². The van der Waals surface area contributed by atoms with Gasteiger partial charge in [-0.05, 0) is 80.0 Å². The predicted molar refractivity (Wildman–Crippen MR) is 152 cm³/mol. The van der Waals surface area contributed by atoms with Gasteiger partial charge in [-0.3, -0.25) is 4.98 Å². The van der Waals surface area contributed by atoms with E-state index in [0.29, 0.717) is 18.5 Å². The van der Waals surface area contributed by atoms with E-state index in [9.17, 15) is 14.4 Å². The molecule has 0 saturated carbocycles. The summed E-state index contributed by atoms with van der Waals surface area (Å²) in [7, 11) is 0. The van der Waals surface area contributed by atoms with Crippen LogP contribution in [0.3, 0.4) is 0 Å². The van der Waals surface area contributed by atoms with Crippen LogP contribution in [-0.4, -0.2) is 34.2 Å². The van der Waals surface area contributed by atoms with Crippen molar-refractivity contribution >= 4 is 12.4 Å². The average Bonchev–Trinajstić information content (AvgIpc) is 3.09. The third kappa shape index (κ3) is 5.74. The van der Waals surface area contributed by atoms with Crippen LogP contribution in [0.25, 0.3) is 28.5 Å². The second kappa shape index (κ2) is 11.4. The maximum absolute atomic E-state index is 14.0. The van der Waals surface area contributed by atoms with Crippen molar-refractivity contribution in [3.8, 4) is 28.5 Å². The molecule has 206 valence electrons. The number of aldehydes is 1. The van der Waals surface area contributed by atoms with Gasteiger partial charge in [0, 0.05) is 24.0 Å². The van der Waals surface area contributed by atoms with E-state index >= 15 is 0 Å². The van der Waals surface area contributed by atoms with Gasteiger partial charge in [0.15, 0.2) is 5.79 Å². The summed E-state index contributed by atoms with van der Waals surface area (Å²) < 4.78 is 26.2. The number of aromatic nitrogens is 2. The molecular formula is C33H34FN3O3. The largest absolute Gasteiger partial charge is 0.347 e. The minimum absolute atomic E-state index is 0.0945. The number of aryl methyl sites for hydroxylation is 1. The molecular weight excluding hydrogens is 505 g/mol. The first kappa shape index (κ1) is 27.8. The molecule has 3 aromatic rings. The van der Waals surface area contributed by atoms with Gasteiger partial charge in [-0.1, -0.05) is 38.1 Å². The number of fused-ring (bicyclic) bond motifs is 3. The standard InChI is InChI=1S/C33H34FN3O3/c1-20(2)31-28(15-13-24-18-25(16-17-38)40-33(3,4)39-24)30(21-8-10-22(34)11-9-21)27-6-5-7-29-26(32(27)37-31)14-12-23(19-35)36-29/h8-15,17,20,24-25H,5-7,16,18H2,1-4H3/b15-13+/t24-,25+/m1/s1. The molecule has 2 aromatic heterocycles. The average molecular weight is 540 g/mol. The van der Waals surface area contributed by atoms with Crippen LogP contribution in [-0.2, 0) is 27.1 Å². The van der Waals surface area contributed by atoms with Crippen LogP contribution in [0, 0.1) is 17.1 Å². The molecule has 2 aliphatic rings. The molecule has 40 heavy (non-hydrogen) atoms. The van der Waals surface area contributed by atoms with E-state index in [4.69, 9.17) is 14.5 Å². The zero-order valence-electron chi connectivity index (χ0n) is 23.4. The van der Waals surface area contributed by atoms with Crippen molar-refractivity contribution in [2.24, 2.45) is 0 Å². The first-order valence-electron chi connectivity index (χ1n) is 13.9. The number of rotatable bonds is 6. The number of halogens is 1. The summed E-state index contributed by atoms with van der Waals surface area (Å²) in [6.07, 6.45) is 7.79. The molecule has 7 heteroatoms. The highest BCUT2D eigenvalue weighted by Crippen LogP contribution is 2.42. The van der Waals surface area contributed by atoms with Gasteiger partial charge in [0.05, 0.1) is 29.3 Å². The van der Waals surface area contributed by atoms with E-state index < -0.39 is 5.79 Å². The lowest BCUT2D eigenvalue weighted by molar-refractivity contribution is -0.289. The van der Waals surface area contributed by atoms with Gasteiger partial charge in [0.1, 0.15) is 23.9 Å². The zero-order valence-corrected chi connectivity index (χ0v) is 23.4. The van der Waals surface area contributed by atoms with E-state index in [1.165, 1.54) is 12.1 Å². The lowest BCUT2D eigenvalue weighted by Crippen LogP contribution is -2.44. The fraction of sp³-hybridized carbons (Fsp3) is 0.394. The zero-order chi connectivity index (χ0) is 28.4. The van der Waals surface area contributed by atoms with Crippen LogP contribution in [0.4, 0.5) is 4.39 Å². The summed E-state index contributed by atoms with van der Waals surface area (Å²) in [6, 6.07) is 12.5. The van der Waals surface area contributed by atoms with Crippen LogP contribution in [0.5, 0.6) is 0 Å². The maximum Gasteiger partial charge on any atom is 0.163 e. The van der Waals surface area contributed by atoms with Gasteiger partial charge < -0.3 is 14.3 Å². The van der Waals surface area contributed by atoms with Crippen LogP contribution < -0.4 is 0 Å². The van der Waals surface area contributed by atoms with Crippen molar-refractivity contribution in [1.82, 2.24) is 9.97 Å². The summed E-state index contributed by atoms with van der Waals surface area (Å²) in [5.41, 5.74) is 8.03. The first-order chi connectivity index (χ1) is 19.2. The molecule has 1 saturated heterocycles. The molecule has 0 unspecified atom stereocenters. The molecule has 0 radical (unpaired) electrons. The van der Waals surface area contributed by atoms with E-state index in [2.05, 4.69) is 31.0 Å². The van der Waals surface area contributed by atoms with Crippen molar-refractivity contribution in [2.75, 3.05) is 0 Å². The lowest BCUT2D eigenvalue weighted by atomic mass is 9.86. The van der Waals surface area contributed by atoms with Crippen molar-refractivity contribution < 1.29 is 18.7 Å². The Kier molecular flexibility index (Phi) is 7.93. The number of carbonyl (C=O) groups excluding carboxylic acids is 1. The van der Waals surface area contributed by atoms with Gasteiger partial charge in [-0.25, -0.2) is 9.37 Å². The van der Waals surface area contributed by atoms with Crippen molar-refractivity contribution in [2.45, 2.75) is 83.7 Å². The summed E-state index contributed by atoms with van der Waals surface area (Å²) in [6.45, 7) is 7.95. The topological polar surface area (TPSA) is 85.1 Å². The molecule has 1 aromatic carbocycles. The molecule has 1 aliphatic carbocycles. The van der Waals surface area contributed by atoms with Gasteiger partial charge >= 0.3 is 0 Å². The predicted octanol–water partition coefficient (Wildman–Crippen LogP) is 6.95. The Morgan fingerprint density at radius 2 is 1.90 bits per heavy atom. The molecule has 0 bridgehead atoms. The van der Waals surface area contributed by atoms with E-state index in [1.807, 2.05) is 38.1 Å². The number of benzene rings is 1. The second-order valence-electron chi connectivity index (χ2n) is 11.2. The lowest BCUT2D eigenvalue weighted by Gasteiger charge is -2.39. The van der Waals surface area contributed by atoms with Gasteiger partial charge in [-0.15, -0.1) is 0 Å². The number of hydrogen-bond acceptors (Lipinski definition) is 6. The van der Waals surface area contributed by atoms with Gasteiger partial charge in [0.2, 0.25) is 0 Å². The normalized spacial score (nSPS) is 20.0. The van der Waals surface area contributed by atoms with Crippen LogP contribution in [0.2, 0.25) is 0 Å². The van der Waals surface area contributed by atoms with Gasteiger partial charge in [0.25, 0.3) is 0 Å². The Labute approximate surface area is 234 Å². The molecule has 2 atom stereocenters. The van der Waals surface area contributed by atoms with Crippen LogP contribution >= 0.6 is 0 Å². The molecule has 1 aliphatic heterocycles. The number of nitrogens with zero attached hydrogens (tertiary/aromatic N) is 3. The summed E-state index contributed by atoms with van der Waals surface area (Å²) in [5, 5.41) is 9.42. The molecule has 5 rings (SSSR count). The van der Waals surface area contributed by atoms with Crippen molar-refractivity contribution in [3.63, 3.8) is 0 Å². The smallest absolute Gasteiger partial charge is 0.163 e. The fourth-order valence-electron chi connectivity index (χ4n) is 5.80. The van der Waals surface area contributed by atoms with E-state index in [0.717, 1.165) is 70.4 Å². The number of pyridine rings is 2. The fourth-order valence-corrected chi connectivity index (χ4v) is 5.80. The molecule has 6 nitrogen and oxygen atoms in total. The molecule has 3 heterocycles. The third-order valence-corrected chi connectivity index (χ3v) is 7.45. The second-order valence-corrected chi connectivity index (χ2v) is 11.2. The summed E-state index contributed by atoms with van der Waals surface area (Å²) in [5.74, 6) is -1.01. The molecule has 0 N–H and O–H groups in total. The van der Waals surface area contributed by atoms with E-state index in [-0.39, 0.29) is 23.9 Å². The summed E-state index contributed by atoms with van der Waals surface area (Å²) in [4.78, 5) is 21.1. The minimum atomic E-state index is -0.813. The molecule has 1 fully saturated rings. The van der Waals surface area contributed by atoms with E-state index in [1.54, 1.807) is 6.07 Å². The van der Waals surface area contributed by atoms with Crippen LogP contribution in [0.1, 0.15) is 81.1 Å². The summed E-state index contributed by atoms with van der Waals surface area (Å²) >= 11 is 0. The Morgan fingerprint density at radius 1 is 1.12 bits per heavy atom. The highest BCUT2D eigenvalue weighted by molar-refractivity contribution is 5.85. The number of hydrogen-bond donors (Lipinski definition) is 0. The number of ether oxygens (including phenoxy) is 2. The number of nitriles is 1. The first-order valence-corrected chi connectivity index (χ1v) is 13.9. The Bertz CT molecular complexity index is 1490. The molecule has 0 amide bonds.